The van der Waals surface area contributed by atoms with Gasteiger partial charge < -0.3 is 15.0 Å². The Morgan fingerprint density at radius 3 is 2.72 bits per heavy atom. The summed E-state index contributed by atoms with van der Waals surface area (Å²) in [5.74, 6) is 1.70. The molecular weight excluding hydrogens is 316 g/mol. The SMILES string of the molecule is c1cc(N2CCOCC2)ccc1Nc1c2c(nc3nncn13)CCC2. The highest BCUT2D eigenvalue weighted by atomic mass is 16.5. The summed E-state index contributed by atoms with van der Waals surface area (Å²) in [6.45, 7) is 3.50. The number of ether oxygens (including phenoxy) is 1. The quantitative estimate of drug-likeness (QED) is 0.791. The third-order valence-electron chi connectivity index (χ3n) is 4.99. The highest BCUT2D eigenvalue weighted by Gasteiger charge is 2.20. The van der Waals surface area contributed by atoms with Crippen molar-refractivity contribution < 1.29 is 4.74 Å². The van der Waals surface area contributed by atoms with Gasteiger partial charge in [0, 0.05) is 30.0 Å². The second-order valence-corrected chi connectivity index (χ2v) is 6.51. The Kier molecular flexibility index (Phi) is 3.52. The van der Waals surface area contributed by atoms with E-state index in [4.69, 9.17) is 4.74 Å². The number of morpholine rings is 1. The smallest absolute Gasteiger partial charge is 0.256 e. The first-order chi connectivity index (χ1) is 12.4. The summed E-state index contributed by atoms with van der Waals surface area (Å²) in [5.41, 5.74) is 4.73. The normalized spacial score (nSPS) is 17.0. The monoisotopic (exact) mass is 336 g/mol. The Morgan fingerprint density at radius 2 is 1.88 bits per heavy atom. The lowest BCUT2D eigenvalue weighted by atomic mass is 10.2. The zero-order valence-corrected chi connectivity index (χ0v) is 14.0. The molecule has 3 heterocycles. The number of benzene rings is 1. The number of hydrogen-bond acceptors (Lipinski definition) is 6. The van der Waals surface area contributed by atoms with Crippen LogP contribution in [0.3, 0.4) is 0 Å². The number of anilines is 3. The van der Waals surface area contributed by atoms with Crippen LogP contribution in [0.4, 0.5) is 17.2 Å². The van der Waals surface area contributed by atoms with Crippen molar-refractivity contribution in [3.05, 3.63) is 41.9 Å². The van der Waals surface area contributed by atoms with Crippen LogP contribution in [0.5, 0.6) is 0 Å². The van der Waals surface area contributed by atoms with Gasteiger partial charge in [0.15, 0.2) is 0 Å². The summed E-state index contributed by atoms with van der Waals surface area (Å²) in [5, 5.41) is 11.7. The maximum atomic E-state index is 5.43. The zero-order chi connectivity index (χ0) is 16.6. The molecule has 128 valence electrons. The van der Waals surface area contributed by atoms with Crippen LogP contribution < -0.4 is 10.2 Å². The van der Waals surface area contributed by atoms with Gasteiger partial charge in [-0.25, -0.2) is 4.98 Å². The molecule has 0 atom stereocenters. The first-order valence-electron chi connectivity index (χ1n) is 8.80. The summed E-state index contributed by atoms with van der Waals surface area (Å²) in [7, 11) is 0. The lowest BCUT2D eigenvalue weighted by Gasteiger charge is -2.29. The average molecular weight is 336 g/mol. The fraction of sp³-hybridized carbons (Fsp3) is 0.389. The van der Waals surface area contributed by atoms with Crippen LogP contribution in [0, 0.1) is 0 Å². The van der Waals surface area contributed by atoms with E-state index < -0.39 is 0 Å². The van der Waals surface area contributed by atoms with Gasteiger partial charge in [0.1, 0.15) is 12.1 Å². The van der Waals surface area contributed by atoms with Crippen LogP contribution in [-0.2, 0) is 17.6 Å². The Hall–Kier alpha value is -2.67. The van der Waals surface area contributed by atoms with E-state index >= 15 is 0 Å². The van der Waals surface area contributed by atoms with Crippen LogP contribution in [0.15, 0.2) is 30.6 Å². The molecule has 1 fully saturated rings. The molecule has 1 aromatic carbocycles. The largest absolute Gasteiger partial charge is 0.378 e. The molecule has 3 aromatic rings. The van der Waals surface area contributed by atoms with Crippen molar-refractivity contribution in [2.24, 2.45) is 0 Å². The van der Waals surface area contributed by atoms with Gasteiger partial charge in [-0.1, -0.05) is 0 Å². The molecule has 1 aliphatic heterocycles. The van der Waals surface area contributed by atoms with Crippen LogP contribution in [0.1, 0.15) is 17.7 Å². The third kappa shape index (κ3) is 2.60. The maximum Gasteiger partial charge on any atom is 0.256 e. The standard InChI is InChI=1S/C18H20N6O/c1-2-15-16(3-1)21-18-22-19-12-24(18)17(15)20-13-4-6-14(7-5-13)23-8-10-25-11-9-23/h4-7,12,20H,1-3,8-11H2. The van der Waals surface area contributed by atoms with E-state index in [0.29, 0.717) is 5.78 Å². The molecule has 7 nitrogen and oxygen atoms in total. The Labute approximate surface area is 145 Å². The molecule has 0 unspecified atom stereocenters. The molecule has 7 heteroatoms. The van der Waals surface area contributed by atoms with Gasteiger partial charge in [-0.2, -0.15) is 0 Å². The predicted molar refractivity (Wildman–Crippen MR) is 95.6 cm³/mol. The van der Waals surface area contributed by atoms with Crippen LogP contribution in [0.2, 0.25) is 0 Å². The van der Waals surface area contributed by atoms with E-state index in [0.717, 1.165) is 62.8 Å². The first-order valence-corrected chi connectivity index (χ1v) is 8.80. The molecule has 1 N–H and O–H groups in total. The number of nitrogens with zero attached hydrogens (tertiary/aromatic N) is 5. The number of aryl methyl sites for hydroxylation is 1. The zero-order valence-electron chi connectivity index (χ0n) is 14.0. The minimum Gasteiger partial charge on any atom is -0.378 e. The first kappa shape index (κ1) is 14.7. The van der Waals surface area contributed by atoms with Crippen LogP contribution in [0.25, 0.3) is 5.78 Å². The van der Waals surface area contributed by atoms with Gasteiger partial charge in [-0.3, -0.25) is 4.40 Å². The Balaban J connectivity index is 1.46. The van der Waals surface area contributed by atoms with Crippen molar-refractivity contribution in [3.8, 4) is 0 Å². The molecule has 2 aromatic heterocycles. The predicted octanol–water partition coefficient (Wildman–Crippen LogP) is 2.19. The second kappa shape index (κ2) is 6.00. The number of nitrogens with one attached hydrogen (secondary N) is 1. The summed E-state index contributed by atoms with van der Waals surface area (Å²) in [4.78, 5) is 6.98. The fourth-order valence-corrected chi connectivity index (χ4v) is 3.68. The van der Waals surface area contributed by atoms with Crippen LogP contribution >= 0.6 is 0 Å². The fourth-order valence-electron chi connectivity index (χ4n) is 3.68. The van der Waals surface area contributed by atoms with Gasteiger partial charge in [-0.05, 0) is 43.5 Å². The lowest BCUT2D eigenvalue weighted by molar-refractivity contribution is 0.122. The van der Waals surface area contributed by atoms with Crippen molar-refractivity contribution in [1.29, 1.82) is 0 Å². The molecule has 1 saturated heterocycles. The summed E-state index contributed by atoms with van der Waals surface area (Å²) >= 11 is 0. The number of fused-ring (bicyclic) bond motifs is 2. The second-order valence-electron chi connectivity index (χ2n) is 6.51. The lowest BCUT2D eigenvalue weighted by Crippen LogP contribution is -2.36. The van der Waals surface area contributed by atoms with Gasteiger partial charge >= 0.3 is 0 Å². The third-order valence-corrected chi connectivity index (χ3v) is 4.99. The molecule has 0 radical (unpaired) electrons. The molecule has 0 amide bonds. The van der Waals surface area contributed by atoms with Crippen molar-refractivity contribution in [3.63, 3.8) is 0 Å². The number of aromatic nitrogens is 4. The van der Waals surface area contributed by atoms with Gasteiger partial charge in [-0.15, -0.1) is 10.2 Å². The maximum absolute atomic E-state index is 5.43. The minimum absolute atomic E-state index is 0.660. The molecular formula is C18H20N6O. The molecule has 0 spiro atoms. The molecule has 0 bridgehead atoms. The highest BCUT2D eigenvalue weighted by molar-refractivity contribution is 5.66. The minimum atomic E-state index is 0.660. The van der Waals surface area contributed by atoms with Crippen LogP contribution in [-0.4, -0.2) is 45.9 Å². The Bertz CT molecular complexity index is 898. The molecule has 25 heavy (non-hydrogen) atoms. The number of rotatable bonds is 3. The summed E-state index contributed by atoms with van der Waals surface area (Å²) in [6, 6.07) is 8.59. The van der Waals surface area contributed by atoms with Gasteiger partial charge in [0.2, 0.25) is 0 Å². The van der Waals surface area contributed by atoms with Crippen molar-refractivity contribution in [2.75, 3.05) is 36.5 Å². The molecule has 1 aliphatic carbocycles. The van der Waals surface area contributed by atoms with Gasteiger partial charge in [0.05, 0.1) is 18.9 Å². The van der Waals surface area contributed by atoms with E-state index in [2.05, 4.69) is 49.7 Å². The van der Waals surface area contributed by atoms with E-state index in [-0.39, 0.29) is 0 Å². The van der Waals surface area contributed by atoms with Crippen molar-refractivity contribution in [1.82, 2.24) is 19.6 Å². The van der Waals surface area contributed by atoms with E-state index in [1.807, 2.05) is 4.40 Å². The van der Waals surface area contributed by atoms with E-state index in [1.54, 1.807) is 6.33 Å². The topological polar surface area (TPSA) is 67.6 Å². The molecule has 2 aliphatic rings. The van der Waals surface area contributed by atoms with Crippen molar-refractivity contribution >= 4 is 23.0 Å². The average Bonchev–Trinajstić information content (AvgIpc) is 3.32. The molecule has 0 saturated carbocycles. The van der Waals surface area contributed by atoms with Gasteiger partial charge in [0.25, 0.3) is 5.78 Å². The Morgan fingerprint density at radius 1 is 1.04 bits per heavy atom. The molecule has 5 rings (SSSR count). The van der Waals surface area contributed by atoms with Crippen molar-refractivity contribution in [2.45, 2.75) is 19.3 Å². The summed E-state index contributed by atoms with van der Waals surface area (Å²) < 4.78 is 7.37. The number of hydrogen-bond donors (Lipinski definition) is 1. The van der Waals surface area contributed by atoms with E-state index in [1.165, 1.54) is 11.3 Å². The van der Waals surface area contributed by atoms with E-state index in [9.17, 15) is 0 Å². The highest BCUT2D eigenvalue weighted by Crippen LogP contribution is 2.30. The summed E-state index contributed by atoms with van der Waals surface area (Å²) in [6.07, 6.45) is 4.94.